The fourth-order valence-electron chi connectivity index (χ4n) is 2.08. The highest BCUT2D eigenvalue weighted by molar-refractivity contribution is 8.01. The van der Waals surface area contributed by atoms with Crippen molar-refractivity contribution in [1.82, 2.24) is 0 Å². The molecule has 102 valence electrons. The van der Waals surface area contributed by atoms with E-state index in [0.717, 1.165) is 4.90 Å². The van der Waals surface area contributed by atoms with Crippen molar-refractivity contribution >= 4 is 35.0 Å². The van der Waals surface area contributed by atoms with E-state index in [9.17, 15) is 9.59 Å². The molecule has 1 aliphatic heterocycles. The molecule has 1 aromatic rings. The number of benzene rings is 1. The first-order valence-corrected chi connectivity index (χ1v) is 7.02. The van der Waals surface area contributed by atoms with E-state index >= 15 is 0 Å². The Morgan fingerprint density at radius 3 is 2.79 bits per heavy atom. The smallest absolute Gasteiger partial charge is 0.241 e. The number of fused-ring (bicyclic) bond motifs is 1. The Morgan fingerprint density at radius 2 is 2.21 bits per heavy atom. The van der Waals surface area contributed by atoms with E-state index in [1.807, 2.05) is 13.0 Å². The Morgan fingerprint density at radius 1 is 1.53 bits per heavy atom. The topological polar surface area (TPSA) is 89.4 Å². The second-order valence-corrected chi connectivity index (χ2v) is 5.77. The Bertz CT molecular complexity index is 533. The molecule has 0 bridgehead atoms. The Kier molecular flexibility index (Phi) is 3.71. The van der Waals surface area contributed by atoms with E-state index in [4.69, 9.17) is 11.5 Å². The van der Waals surface area contributed by atoms with Crippen molar-refractivity contribution in [3.63, 3.8) is 0 Å². The molecule has 19 heavy (non-hydrogen) atoms. The van der Waals surface area contributed by atoms with Gasteiger partial charge >= 0.3 is 0 Å². The van der Waals surface area contributed by atoms with Gasteiger partial charge in [0.2, 0.25) is 11.8 Å². The second kappa shape index (κ2) is 5.13. The number of hydrogen-bond donors (Lipinski definition) is 2. The maximum atomic E-state index is 12.4. The van der Waals surface area contributed by atoms with Crippen LogP contribution in [0.2, 0.25) is 0 Å². The minimum Gasteiger partial charge on any atom is -0.399 e. The van der Waals surface area contributed by atoms with Gasteiger partial charge in [-0.25, -0.2) is 0 Å². The van der Waals surface area contributed by atoms with Crippen LogP contribution >= 0.6 is 11.8 Å². The summed E-state index contributed by atoms with van der Waals surface area (Å²) in [6, 6.07) is 4.71. The molecule has 0 spiro atoms. The monoisotopic (exact) mass is 279 g/mol. The lowest BCUT2D eigenvalue weighted by molar-refractivity contribution is -0.124. The molecule has 1 aromatic carbocycles. The van der Waals surface area contributed by atoms with Crippen molar-refractivity contribution in [3.05, 3.63) is 18.2 Å². The highest BCUT2D eigenvalue weighted by atomic mass is 32.2. The molecule has 1 heterocycles. The zero-order valence-electron chi connectivity index (χ0n) is 10.9. The second-order valence-electron chi connectivity index (χ2n) is 4.53. The molecule has 2 atom stereocenters. The maximum Gasteiger partial charge on any atom is 0.241 e. The Hall–Kier alpha value is -1.69. The van der Waals surface area contributed by atoms with Crippen LogP contribution in [0.15, 0.2) is 23.1 Å². The summed E-state index contributed by atoms with van der Waals surface area (Å²) in [7, 11) is 0. The van der Waals surface area contributed by atoms with Crippen LogP contribution < -0.4 is 16.4 Å². The van der Waals surface area contributed by atoms with E-state index in [1.165, 1.54) is 16.7 Å². The number of carbonyl (C=O) groups is 2. The molecule has 2 amide bonds. The largest absolute Gasteiger partial charge is 0.399 e. The van der Waals surface area contributed by atoms with Crippen molar-refractivity contribution in [2.24, 2.45) is 5.73 Å². The van der Waals surface area contributed by atoms with Crippen LogP contribution in [0.5, 0.6) is 0 Å². The van der Waals surface area contributed by atoms with E-state index in [2.05, 4.69) is 0 Å². The number of thioether (sulfide) groups is 1. The molecular formula is C13H17N3O2S. The van der Waals surface area contributed by atoms with Gasteiger partial charge in [-0.2, -0.15) is 0 Å². The van der Waals surface area contributed by atoms with Crippen molar-refractivity contribution in [2.45, 2.75) is 36.5 Å². The van der Waals surface area contributed by atoms with Gasteiger partial charge in [0.1, 0.15) is 6.04 Å². The normalized spacial score (nSPS) is 20.0. The van der Waals surface area contributed by atoms with E-state index in [0.29, 0.717) is 17.8 Å². The van der Waals surface area contributed by atoms with Gasteiger partial charge in [0.15, 0.2) is 0 Å². The number of nitrogen functional groups attached to an aromatic ring is 1. The van der Waals surface area contributed by atoms with Crippen LogP contribution in [0, 0.1) is 0 Å². The zero-order valence-corrected chi connectivity index (χ0v) is 11.7. The van der Waals surface area contributed by atoms with E-state index in [1.54, 1.807) is 19.1 Å². The van der Waals surface area contributed by atoms with Crippen molar-refractivity contribution in [2.75, 3.05) is 10.6 Å². The molecule has 0 aromatic heterocycles. The predicted octanol–water partition coefficient (Wildman–Crippen LogP) is 1.36. The number of anilines is 2. The summed E-state index contributed by atoms with van der Waals surface area (Å²) in [5, 5.41) is -0.182. The lowest BCUT2D eigenvalue weighted by Crippen LogP contribution is -2.51. The van der Waals surface area contributed by atoms with E-state index < -0.39 is 11.9 Å². The number of carbonyl (C=O) groups excluding carboxylic acids is 2. The summed E-state index contributed by atoms with van der Waals surface area (Å²) in [6.45, 7) is 3.58. The fraction of sp³-hybridized carbons (Fsp3) is 0.385. The quantitative estimate of drug-likeness (QED) is 0.817. The molecule has 0 aliphatic carbocycles. The summed E-state index contributed by atoms with van der Waals surface area (Å²) < 4.78 is 0. The Balaban J connectivity index is 2.53. The average molecular weight is 279 g/mol. The number of nitrogens with zero attached hydrogens (tertiary/aromatic N) is 1. The highest BCUT2D eigenvalue weighted by Crippen LogP contribution is 2.42. The highest BCUT2D eigenvalue weighted by Gasteiger charge is 2.36. The molecule has 5 nitrogen and oxygen atoms in total. The first-order chi connectivity index (χ1) is 8.95. The minimum absolute atomic E-state index is 0.0862. The summed E-state index contributed by atoms with van der Waals surface area (Å²) in [5.74, 6) is -0.611. The standard InChI is InChI=1S/C13H17N3O2S/c1-3-10-13(18)16(7(2)12(15)17)9-6-8(14)4-5-11(9)19-10/h4-7,10H,3,14H2,1-2H3,(H2,15,17). The van der Waals surface area contributed by atoms with Gasteiger partial charge in [0.05, 0.1) is 10.9 Å². The molecule has 4 N–H and O–H groups in total. The minimum atomic E-state index is -0.678. The number of nitrogens with two attached hydrogens (primary N) is 2. The Labute approximate surface area is 116 Å². The third kappa shape index (κ3) is 2.40. The summed E-state index contributed by atoms with van der Waals surface area (Å²) in [6.07, 6.45) is 0.704. The number of rotatable bonds is 3. The zero-order chi connectivity index (χ0) is 14.2. The van der Waals surface area contributed by atoms with Crippen LogP contribution in [-0.4, -0.2) is 23.1 Å². The molecule has 0 fully saturated rings. The lowest BCUT2D eigenvalue weighted by atomic mass is 10.1. The lowest BCUT2D eigenvalue weighted by Gasteiger charge is -2.36. The van der Waals surface area contributed by atoms with Gasteiger partial charge in [-0.05, 0) is 31.5 Å². The summed E-state index contributed by atoms with van der Waals surface area (Å²) >= 11 is 1.51. The van der Waals surface area contributed by atoms with Crippen LogP contribution in [0.4, 0.5) is 11.4 Å². The van der Waals surface area contributed by atoms with Gasteiger partial charge in [-0.15, -0.1) is 11.8 Å². The van der Waals surface area contributed by atoms with Crippen LogP contribution in [0.1, 0.15) is 20.3 Å². The fourth-order valence-corrected chi connectivity index (χ4v) is 3.20. The molecular weight excluding hydrogens is 262 g/mol. The average Bonchev–Trinajstić information content (AvgIpc) is 2.37. The van der Waals surface area contributed by atoms with Crippen LogP contribution in [-0.2, 0) is 9.59 Å². The van der Waals surface area contributed by atoms with Crippen molar-refractivity contribution in [3.8, 4) is 0 Å². The number of primary amides is 1. The first kappa shape index (κ1) is 13.7. The summed E-state index contributed by atoms with van der Waals surface area (Å²) in [5.41, 5.74) is 12.3. The molecule has 0 saturated carbocycles. The van der Waals surface area contributed by atoms with Gasteiger partial charge in [-0.1, -0.05) is 6.92 Å². The van der Waals surface area contributed by atoms with Crippen LogP contribution in [0.25, 0.3) is 0 Å². The maximum absolute atomic E-state index is 12.4. The van der Waals surface area contributed by atoms with E-state index in [-0.39, 0.29) is 11.2 Å². The molecule has 0 saturated heterocycles. The van der Waals surface area contributed by atoms with Gasteiger partial charge in [0.25, 0.3) is 0 Å². The molecule has 2 rings (SSSR count). The van der Waals surface area contributed by atoms with Gasteiger partial charge in [0, 0.05) is 10.6 Å². The molecule has 0 radical (unpaired) electrons. The number of hydrogen-bond acceptors (Lipinski definition) is 4. The number of amides is 2. The van der Waals surface area contributed by atoms with Crippen molar-refractivity contribution < 1.29 is 9.59 Å². The first-order valence-electron chi connectivity index (χ1n) is 6.14. The third-order valence-electron chi connectivity index (χ3n) is 3.19. The third-order valence-corrected chi connectivity index (χ3v) is 4.61. The van der Waals surface area contributed by atoms with Gasteiger partial charge in [-0.3, -0.25) is 14.5 Å². The molecule has 2 unspecified atom stereocenters. The molecule has 1 aliphatic rings. The van der Waals surface area contributed by atoms with Gasteiger partial charge < -0.3 is 11.5 Å². The SMILES string of the molecule is CCC1Sc2ccc(N)cc2N(C(C)C(N)=O)C1=O. The van der Waals surface area contributed by atoms with Crippen molar-refractivity contribution in [1.29, 1.82) is 0 Å². The molecule has 6 heteroatoms. The van der Waals surface area contributed by atoms with Crippen LogP contribution in [0.3, 0.4) is 0 Å². The predicted molar refractivity (Wildman–Crippen MR) is 76.9 cm³/mol. The summed E-state index contributed by atoms with van der Waals surface area (Å²) in [4.78, 5) is 26.3.